The van der Waals surface area contributed by atoms with Gasteiger partial charge in [0, 0.05) is 6.54 Å². The number of phenols is 1. The quantitative estimate of drug-likeness (QED) is 0.773. The molecule has 0 aromatic heterocycles. The first-order valence-electron chi connectivity index (χ1n) is 5.08. The van der Waals surface area contributed by atoms with E-state index < -0.39 is 0 Å². The van der Waals surface area contributed by atoms with Crippen LogP contribution in [0.3, 0.4) is 0 Å². The van der Waals surface area contributed by atoms with Crippen LogP contribution in [0.25, 0.3) is 5.57 Å². The molecule has 80 valence electrons. The second-order valence-corrected chi connectivity index (χ2v) is 3.57. The molecule has 0 unspecified atom stereocenters. The number of rotatable bonds is 2. The summed E-state index contributed by atoms with van der Waals surface area (Å²) in [7, 11) is 1.57. The highest BCUT2D eigenvalue weighted by atomic mass is 16.5. The summed E-state index contributed by atoms with van der Waals surface area (Å²) in [5.74, 6) is 0.725. The molecule has 1 aromatic carbocycles. The summed E-state index contributed by atoms with van der Waals surface area (Å²) >= 11 is 0. The lowest BCUT2D eigenvalue weighted by Crippen LogP contribution is -2.19. The lowest BCUT2D eigenvalue weighted by atomic mass is 10.00. The van der Waals surface area contributed by atoms with Crippen molar-refractivity contribution in [2.75, 3.05) is 20.2 Å². The van der Waals surface area contributed by atoms with E-state index in [0.717, 1.165) is 25.1 Å². The summed E-state index contributed by atoms with van der Waals surface area (Å²) in [4.78, 5) is 0. The molecule has 3 heteroatoms. The zero-order chi connectivity index (χ0) is 10.7. The molecule has 0 atom stereocenters. The van der Waals surface area contributed by atoms with Crippen molar-refractivity contribution in [1.82, 2.24) is 5.32 Å². The highest BCUT2D eigenvalue weighted by Gasteiger charge is 2.08. The monoisotopic (exact) mass is 205 g/mol. The molecule has 0 fully saturated rings. The molecule has 1 aliphatic rings. The molecule has 15 heavy (non-hydrogen) atoms. The predicted molar refractivity (Wildman–Crippen MR) is 60.1 cm³/mol. The predicted octanol–water partition coefficient (Wildman–Crippen LogP) is 1.78. The van der Waals surface area contributed by atoms with E-state index in [-0.39, 0.29) is 5.75 Å². The van der Waals surface area contributed by atoms with Crippen molar-refractivity contribution in [3.05, 3.63) is 29.8 Å². The molecule has 0 bridgehead atoms. The molecule has 0 aliphatic carbocycles. The summed E-state index contributed by atoms with van der Waals surface area (Å²) in [5, 5.41) is 12.7. The first kappa shape index (κ1) is 10.1. The van der Waals surface area contributed by atoms with E-state index in [4.69, 9.17) is 4.74 Å². The summed E-state index contributed by atoms with van der Waals surface area (Å²) in [6, 6.07) is 5.48. The smallest absolute Gasteiger partial charge is 0.161 e. The van der Waals surface area contributed by atoms with E-state index in [2.05, 4.69) is 11.4 Å². The van der Waals surface area contributed by atoms with E-state index in [9.17, 15) is 5.11 Å². The summed E-state index contributed by atoms with van der Waals surface area (Å²) in [6.45, 7) is 1.92. The number of ether oxygens (including phenoxy) is 1. The maximum Gasteiger partial charge on any atom is 0.161 e. The average Bonchev–Trinajstić information content (AvgIpc) is 2.31. The molecule has 2 rings (SSSR count). The molecule has 3 nitrogen and oxygen atoms in total. The standard InChI is InChI=1S/C12H15NO2/c1-15-12-8-10(2-3-11(12)14)9-4-6-13-7-5-9/h2-4,8,13-14H,5-7H2,1H3. The maximum absolute atomic E-state index is 9.48. The van der Waals surface area contributed by atoms with Crippen molar-refractivity contribution < 1.29 is 9.84 Å². The highest BCUT2D eigenvalue weighted by molar-refractivity contribution is 5.68. The SMILES string of the molecule is COc1cc(C2=CCNCC2)ccc1O. The molecule has 0 saturated heterocycles. The van der Waals surface area contributed by atoms with Crippen LogP contribution in [0.15, 0.2) is 24.3 Å². The van der Waals surface area contributed by atoms with E-state index >= 15 is 0 Å². The van der Waals surface area contributed by atoms with Crippen LogP contribution in [0.2, 0.25) is 0 Å². The minimum atomic E-state index is 0.191. The van der Waals surface area contributed by atoms with Gasteiger partial charge in [-0.2, -0.15) is 0 Å². The Bertz CT molecular complexity index is 385. The number of hydrogen-bond donors (Lipinski definition) is 2. The number of phenolic OH excluding ortho intramolecular Hbond substituents is 1. The second kappa shape index (κ2) is 4.36. The van der Waals surface area contributed by atoms with Gasteiger partial charge in [-0.25, -0.2) is 0 Å². The highest BCUT2D eigenvalue weighted by Crippen LogP contribution is 2.30. The van der Waals surface area contributed by atoms with Crippen LogP contribution in [-0.4, -0.2) is 25.3 Å². The fraction of sp³-hybridized carbons (Fsp3) is 0.333. The molecule has 1 aliphatic heterocycles. The van der Waals surface area contributed by atoms with Crippen molar-refractivity contribution in [2.24, 2.45) is 0 Å². The Morgan fingerprint density at radius 3 is 2.93 bits per heavy atom. The van der Waals surface area contributed by atoms with Gasteiger partial charge in [-0.3, -0.25) is 0 Å². The Labute approximate surface area is 89.4 Å². The third-order valence-corrected chi connectivity index (χ3v) is 2.61. The van der Waals surface area contributed by atoms with Gasteiger partial charge in [0.1, 0.15) is 0 Å². The Kier molecular flexibility index (Phi) is 2.92. The van der Waals surface area contributed by atoms with E-state index in [1.165, 1.54) is 5.57 Å². The van der Waals surface area contributed by atoms with Gasteiger partial charge in [-0.1, -0.05) is 12.1 Å². The van der Waals surface area contributed by atoms with Crippen LogP contribution in [0, 0.1) is 0 Å². The van der Waals surface area contributed by atoms with Crippen molar-refractivity contribution in [3.8, 4) is 11.5 Å². The second-order valence-electron chi connectivity index (χ2n) is 3.57. The zero-order valence-corrected chi connectivity index (χ0v) is 8.79. The number of methoxy groups -OCH3 is 1. The Morgan fingerprint density at radius 1 is 1.40 bits per heavy atom. The van der Waals surface area contributed by atoms with Gasteiger partial charge in [0.25, 0.3) is 0 Å². The van der Waals surface area contributed by atoms with Gasteiger partial charge >= 0.3 is 0 Å². The molecule has 0 radical (unpaired) electrons. The molecule has 1 heterocycles. The molecule has 0 spiro atoms. The van der Waals surface area contributed by atoms with Gasteiger partial charge in [0.05, 0.1) is 7.11 Å². The van der Waals surface area contributed by atoms with Crippen LogP contribution in [0.5, 0.6) is 11.5 Å². The maximum atomic E-state index is 9.48. The third kappa shape index (κ3) is 2.13. The van der Waals surface area contributed by atoms with Gasteiger partial charge in [-0.05, 0) is 36.2 Å². The van der Waals surface area contributed by atoms with Crippen LogP contribution >= 0.6 is 0 Å². The lowest BCUT2D eigenvalue weighted by Gasteiger charge is -2.15. The Hall–Kier alpha value is -1.48. The Morgan fingerprint density at radius 2 is 2.27 bits per heavy atom. The molecule has 0 saturated carbocycles. The van der Waals surface area contributed by atoms with E-state index in [0.29, 0.717) is 5.75 Å². The molecule has 1 aromatic rings. The summed E-state index contributed by atoms with van der Waals surface area (Å²) in [5.41, 5.74) is 2.44. The third-order valence-electron chi connectivity index (χ3n) is 2.61. The van der Waals surface area contributed by atoms with Gasteiger partial charge < -0.3 is 15.2 Å². The largest absolute Gasteiger partial charge is 0.504 e. The van der Waals surface area contributed by atoms with Crippen LogP contribution in [-0.2, 0) is 0 Å². The average molecular weight is 205 g/mol. The number of nitrogens with one attached hydrogen (secondary N) is 1. The molecular weight excluding hydrogens is 190 g/mol. The topological polar surface area (TPSA) is 41.5 Å². The number of hydrogen-bond acceptors (Lipinski definition) is 3. The molecule has 2 N–H and O–H groups in total. The van der Waals surface area contributed by atoms with Crippen LogP contribution in [0.4, 0.5) is 0 Å². The molecule has 0 amide bonds. The van der Waals surface area contributed by atoms with Crippen molar-refractivity contribution in [2.45, 2.75) is 6.42 Å². The fourth-order valence-corrected chi connectivity index (χ4v) is 1.76. The van der Waals surface area contributed by atoms with Crippen molar-refractivity contribution >= 4 is 5.57 Å². The first-order valence-corrected chi connectivity index (χ1v) is 5.08. The van der Waals surface area contributed by atoms with Gasteiger partial charge in [0.2, 0.25) is 0 Å². The van der Waals surface area contributed by atoms with Gasteiger partial charge in [-0.15, -0.1) is 0 Å². The van der Waals surface area contributed by atoms with Gasteiger partial charge in [0.15, 0.2) is 11.5 Å². The van der Waals surface area contributed by atoms with Crippen molar-refractivity contribution in [1.29, 1.82) is 0 Å². The zero-order valence-electron chi connectivity index (χ0n) is 8.79. The fourth-order valence-electron chi connectivity index (χ4n) is 1.76. The number of aromatic hydroxyl groups is 1. The van der Waals surface area contributed by atoms with E-state index in [1.807, 2.05) is 12.1 Å². The lowest BCUT2D eigenvalue weighted by molar-refractivity contribution is 0.373. The Balaban J connectivity index is 2.32. The summed E-state index contributed by atoms with van der Waals surface area (Å²) < 4.78 is 5.08. The van der Waals surface area contributed by atoms with Crippen LogP contribution in [0.1, 0.15) is 12.0 Å². The normalized spacial score (nSPS) is 15.9. The van der Waals surface area contributed by atoms with Crippen molar-refractivity contribution in [3.63, 3.8) is 0 Å². The summed E-state index contributed by atoms with van der Waals surface area (Å²) in [6.07, 6.45) is 3.20. The first-order chi connectivity index (χ1) is 7.31. The molecular formula is C12H15NO2. The minimum Gasteiger partial charge on any atom is -0.504 e. The van der Waals surface area contributed by atoms with E-state index in [1.54, 1.807) is 13.2 Å². The number of benzene rings is 1. The minimum absolute atomic E-state index is 0.191. The van der Waals surface area contributed by atoms with Crippen LogP contribution < -0.4 is 10.1 Å².